The lowest BCUT2D eigenvalue weighted by Gasteiger charge is -2.21. The van der Waals surface area contributed by atoms with E-state index in [0.717, 1.165) is 31.8 Å². The number of ether oxygens (including phenoxy) is 1. The second-order valence-electron chi connectivity index (χ2n) is 5.04. The molecule has 1 aromatic rings. The van der Waals surface area contributed by atoms with Crippen molar-refractivity contribution in [2.24, 2.45) is 0 Å². The zero-order chi connectivity index (χ0) is 13.0. The maximum atomic E-state index is 9.46. The number of aliphatic hydroxyl groups is 1. The minimum absolute atomic E-state index is 0.176. The van der Waals surface area contributed by atoms with E-state index in [-0.39, 0.29) is 6.10 Å². The lowest BCUT2D eigenvalue weighted by atomic mass is 10.1. The average Bonchev–Trinajstić information content (AvgIpc) is 2.75. The Labute approximate surface area is 109 Å². The Kier molecular flexibility index (Phi) is 4.58. The van der Waals surface area contributed by atoms with Gasteiger partial charge in [0.25, 0.3) is 0 Å². The molecular weight excluding hydrogens is 228 g/mol. The highest BCUT2D eigenvalue weighted by Gasteiger charge is 2.22. The highest BCUT2D eigenvalue weighted by atomic mass is 16.5. The van der Waals surface area contributed by atoms with Gasteiger partial charge in [0.15, 0.2) is 0 Å². The Morgan fingerprint density at radius 1 is 1.39 bits per heavy atom. The zero-order valence-electron chi connectivity index (χ0n) is 11.1. The van der Waals surface area contributed by atoms with Crippen LogP contribution in [-0.2, 0) is 6.54 Å². The van der Waals surface area contributed by atoms with E-state index in [1.54, 1.807) is 7.11 Å². The fourth-order valence-corrected chi connectivity index (χ4v) is 2.42. The van der Waals surface area contributed by atoms with Gasteiger partial charge in [0, 0.05) is 25.7 Å². The number of nitrogens with one attached hydrogen (secondary N) is 1. The molecule has 0 spiro atoms. The highest BCUT2D eigenvalue weighted by molar-refractivity contribution is 5.27. The molecule has 1 heterocycles. The van der Waals surface area contributed by atoms with Crippen LogP contribution in [0, 0.1) is 0 Å². The van der Waals surface area contributed by atoms with Gasteiger partial charge < -0.3 is 20.1 Å². The van der Waals surface area contributed by atoms with Crippen LogP contribution in [0.25, 0.3) is 0 Å². The maximum Gasteiger partial charge on any atom is 0.118 e. The lowest BCUT2D eigenvalue weighted by Crippen LogP contribution is -2.34. The fraction of sp³-hybridized carbons (Fsp3) is 0.571. The van der Waals surface area contributed by atoms with Gasteiger partial charge in [-0.2, -0.15) is 0 Å². The largest absolute Gasteiger partial charge is 0.497 e. The van der Waals surface area contributed by atoms with Gasteiger partial charge >= 0.3 is 0 Å². The van der Waals surface area contributed by atoms with Crippen molar-refractivity contribution in [1.29, 1.82) is 0 Å². The second kappa shape index (κ2) is 6.18. The number of benzene rings is 1. The number of β-amino-alcohol motifs (C(OH)–C–C–N with tert-alkyl or cyclic N) is 1. The van der Waals surface area contributed by atoms with Crippen LogP contribution in [-0.4, -0.2) is 49.4 Å². The molecule has 0 saturated carbocycles. The van der Waals surface area contributed by atoms with Crippen LogP contribution in [0.3, 0.4) is 0 Å². The molecule has 1 aliphatic rings. The van der Waals surface area contributed by atoms with Crippen molar-refractivity contribution in [3.8, 4) is 5.75 Å². The topological polar surface area (TPSA) is 44.7 Å². The predicted molar refractivity (Wildman–Crippen MR) is 71.7 cm³/mol. The number of hydrogen-bond donors (Lipinski definition) is 2. The summed E-state index contributed by atoms with van der Waals surface area (Å²) in [6.07, 6.45) is 0.678. The van der Waals surface area contributed by atoms with Crippen LogP contribution < -0.4 is 10.1 Å². The summed E-state index contributed by atoms with van der Waals surface area (Å²) in [4.78, 5) is 2.28. The summed E-state index contributed by atoms with van der Waals surface area (Å²) in [7, 11) is 3.79. The lowest BCUT2D eigenvalue weighted by molar-refractivity contribution is 0.189. The van der Waals surface area contributed by atoms with Crippen LogP contribution in [0.5, 0.6) is 5.75 Å². The smallest absolute Gasteiger partial charge is 0.118 e. The molecule has 100 valence electrons. The monoisotopic (exact) mass is 250 g/mol. The van der Waals surface area contributed by atoms with E-state index in [0.29, 0.717) is 6.04 Å². The number of hydrogen-bond acceptors (Lipinski definition) is 4. The first-order valence-corrected chi connectivity index (χ1v) is 6.40. The van der Waals surface area contributed by atoms with E-state index < -0.39 is 0 Å². The molecule has 0 aromatic heterocycles. The van der Waals surface area contributed by atoms with Crippen molar-refractivity contribution in [3.05, 3.63) is 29.8 Å². The van der Waals surface area contributed by atoms with E-state index in [9.17, 15) is 5.11 Å². The van der Waals surface area contributed by atoms with Crippen LogP contribution in [0.1, 0.15) is 12.0 Å². The number of rotatable bonds is 5. The molecule has 0 bridgehead atoms. The fourth-order valence-electron chi connectivity index (χ4n) is 2.42. The average molecular weight is 250 g/mol. The van der Waals surface area contributed by atoms with Gasteiger partial charge in [-0.25, -0.2) is 0 Å². The summed E-state index contributed by atoms with van der Waals surface area (Å²) in [6.45, 7) is 2.60. The molecule has 2 atom stereocenters. The maximum absolute atomic E-state index is 9.46. The van der Waals surface area contributed by atoms with Gasteiger partial charge in [-0.05, 0) is 31.2 Å². The van der Waals surface area contributed by atoms with Gasteiger partial charge in [-0.1, -0.05) is 12.1 Å². The predicted octanol–water partition coefficient (Wildman–Crippen LogP) is 0.850. The molecule has 1 aliphatic heterocycles. The quantitative estimate of drug-likeness (QED) is 0.813. The van der Waals surface area contributed by atoms with Crippen LogP contribution >= 0.6 is 0 Å². The Morgan fingerprint density at radius 2 is 2.11 bits per heavy atom. The Morgan fingerprint density at radius 3 is 2.67 bits per heavy atom. The third-order valence-corrected chi connectivity index (χ3v) is 3.34. The molecule has 2 unspecified atom stereocenters. The second-order valence-corrected chi connectivity index (χ2v) is 5.04. The molecule has 2 rings (SSSR count). The van der Waals surface area contributed by atoms with Gasteiger partial charge in [0.05, 0.1) is 13.2 Å². The summed E-state index contributed by atoms with van der Waals surface area (Å²) in [5, 5.41) is 12.8. The zero-order valence-corrected chi connectivity index (χ0v) is 11.1. The first-order valence-electron chi connectivity index (χ1n) is 6.40. The molecule has 0 radical (unpaired) electrons. The molecule has 0 aliphatic carbocycles. The van der Waals surface area contributed by atoms with E-state index in [1.165, 1.54) is 5.56 Å². The summed E-state index contributed by atoms with van der Waals surface area (Å²) >= 11 is 0. The van der Waals surface area contributed by atoms with Crippen molar-refractivity contribution in [1.82, 2.24) is 10.2 Å². The number of aliphatic hydroxyl groups excluding tert-OH is 1. The summed E-state index contributed by atoms with van der Waals surface area (Å²) in [5.41, 5.74) is 1.27. The van der Waals surface area contributed by atoms with Gasteiger partial charge in [0.2, 0.25) is 0 Å². The summed E-state index contributed by atoms with van der Waals surface area (Å²) < 4.78 is 5.14. The van der Waals surface area contributed by atoms with E-state index in [4.69, 9.17) is 4.74 Å². The van der Waals surface area contributed by atoms with E-state index >= 15 is 0 Å². The molecule has 1 aromatic carbocycles. The third-order valence-electron chi connectivity index (χ3n) is 3.34. The van der Waals surface area contributed by atoms with Gasteiger partial charge in [0.1, 0.15) is 5.75 Å². The van der Waals surface area contributed by atoms with Crippen molar-refractivity contribution >= 4 is 0 Å². The molecule has 4 heteroatoms. The SMILES string of the molecule is COc1ccc(CN(C)CC2CC(O)CN2)cc1. The molecule has 4 nitrogen and oxygen atoms in total. The highest BCUT2D eigenvalue weighted by Crippen LogP contribution is 2.13. The van der Waals surface area contributed by atoms with Crippen molar-refractivity contribution in [3.63, 3.8) is 0 Å². The van der Waals surface area contributed by atoms with E-state index in [2.05, 4.69) is 29.4 Å². The number of nitrogens with zero attached hydrogens (tertiary/aromatic N) is 1. The standard InChI is InChI=1S/C14H22N2O2/c1-16(10-12-7-13(17)8-15-12)9-11-3-5-14(18-2)6-4-11/h3-6,12-13,15,17H,7-10H2,1-2H3. The number of likely N-dealkylation sites (N-methyl/N-ethyl adjacent to an activating group) is 1. The number of methoxy groups -OCH3 is 1. The van der Waals surface area contributed by atoms with Gasteiger partial charge in [-0.15, -0.1) is 0 Å². The molecule has 1 fully saturated rings. The van der Waals surface area contributed by atoms with Crippen LogP contribution in [0.4, 0.5) is 0 Å². The Balaban J connectivity index is 1.80. The summed E-state index contributed by atoms with van der Waals surface area (Å²) in [6, 6.07) is 8.56. The summed E-state index contributed by atoms with van der Waals surface area (Å²) in [5.74, 6) is 0.891. The van der Waals surface area contributed by atoms with Gasteiger partial charge in [-0.3, -0.25) is 0 Å². The third kappa shape index (κ3) is 3.70. The van der Waals surface area contributed by atoms with Crippen LogP contribution in [0.15, 0.2) is 24.3 Å². The van der Waals surface area contributed by atoms with Crippen molar-refractivity contribution < 1.29 is 9.84 Å². The molecular formula is C14H22N2O2. The van der Waals surface area contributed by atoms with Crippen molar-refractivity contribution in [2.45, 2.75) is 25.1 Å². The first kappa shape index (κ1) is 13.3. The van der Waals surface area contributed by atoms with E-state index in [1.807, 2.05) is 12.1 Å². The van der Waals surface area contributed by atoms with Crippen LogP contribution in [0.2, 0.25) is 0 Å². The first-order chi connectivity index (χ1) is 8.67. The minimum atomic E-state index is -0.176. The van der Waals surface area contributed by atoms with Crippen molar-refractivity contribution in [2.75, 3.05) is 27.2 Å². The molecule has 2 N–H and O–H groups in total. The molecule has 1 saturated heterocycles. The Hall–Kier alpha value is -1.10. The molecule has 18 heavy (non-hydrogen) atoms. The molecule has 0 amide bonds. The minimum Gasteiger partial charge on any atom is -0.497 e. The Bertz CT molecular complexity index is 367. The normalized spacial score (nSPS) is 23.6.